The highest BCUT2D eigenvalue weighted by Gasteiger charge is 2.12. The molecule has 0 bridgehead atoms. The number of amides is 1. The third-order valence-corrected chi connectivity index (χ3v) is 3.59. The predicted molar refractivity (Wildman–Crippen MR) is 90.7 cm³/mol. The van der Waals surface area contributed by atoms with Crippen molar-refractivity contribution in [2.45, 2.75) is 20.8 Å². The molecule has 0 aliphatic carbocycles. The summed E-state index contributed by atoms with van der Waals surface area (Å²) in [5, 5.41) is 13.9. The summed E-state index contributed by atoms with van der Waals surface area (Å²) in [5.41, 5.74) is 2.37. The minimum absolute atomic E-state index is 0.216. The Morgan fingerprint density at radius 1 is 1.20 bits per heavy atom. The Bertz CT molecular complexity index is 884. The van der Waals surface area contributed by atoms with Crippen LogP contribution in [-0.2, 0) is 0 Å². The molecule has 0 aliphatic rings. The molecule has 0 unspecified atom stereocenters. The molecule has 0 spiro atoms. The lowest BCUT2D eigenvalue weighted by molar-refractivity contribution is 0.0953. The Morgan fingerprint density at radius 2 is 2.04 bits per heavy atom. The number of aromatic nitrogens is 5. The Morgan fingerprint density at radius 3 is 2.72 bits per heavy atom. The number of nitrogens with zero attached hydrogens (tertiary/aromatic N) is 5. The first-order valence-electron chi connectivity index (χ1n) is 7.83. The van der Waals surface area contributed by atoms with E-state index in [-0.39, 0.29) is 5.91 Å². The predicted octanol–water partition coefficient (Wildman–Crippen LogP) is 1.42. The highest BCUT2D eigenvalue weighted by atomic mass is 16.5. The van der Waals surface area contributed by atoms with Crippen LogP contribution in [0.15, 0.2) is 29.2 Å². The Kier molecular flexibility index (Phi) is 4.73. The van der Waals surface area contributed by atoms with Crippen molar-refractivity contribution in [1.29, 1.82) is 0 Å². The molecule has 1 amide bonds. The van der Waals surface area contributed by atoms with Gasteiger partial charge in [0, 0.05) is 24.8 Å². The van der Waals surface area contributed by atoms with Crippen molar-refractivity contribution in [2.24, 2.45) is 0 Å². The molecule has 3 aromatic rings. The second-order valence-electron chi connectivity index (χ2n) is 5.58. The second-order valence-corrected chi connectivity index (χ2v) is 5.58. The van der Waals surface area contributed by atoms with Crippen LogP contribution in [0.5, 0.6) is 0 Å². The van der Waals surface area contributed by atoms with Gasteiger partial charge in [-0.15, -0.1) is 0 Å². The lowest BCUT2D eigenvalue weighted by Gasteiger charge is -2.08. The van der Waals surface area contributed by atoms with Gasteiger partial charge in [0.2, 0.25) is 0 Å². The van der Waals surface area contributed by atoms with Gasteiger partial charge in [-0.3, -0.25) is 4.79 Å². The minimum Gasteiger partial charge on any atom is -0.368 e. The summed E-state index contributed by atoms with van der Waals surface area (Å²) in [7, 11) is 0. The van der Waals surface area contributed by atoms with E-state index in [9.17, 15) is 4.79 Å². The molecule has 9 heteroatoms. The number of carbonyl (C=O) groups is 1. The first-order valence-corrected chi connectivity index (χ1v) is 7.83. The van der Waals surface area contributed by atoms with Crippen molar-refractivity contribution in [1.82, 2.24) is 30.2 Å². The summed E-state index contributed by atoms with van der Waals surface area (Å²) < 4.78 is 6.64. The molecular weight excluding hydrogens is 322 g/mol. The molecule has 0 aliphatic heterocycles. The molecule has 25 heavy (non-hydrogen) atoms. The van der Waals surface area contributed by atoms with Crippen LogP contribution in [0.1, 0.15) is 27.5 Å². The lowest BCUT2D eigenvalue weighted by Crippen LogP contribution is -2.29. The molecule has 3 aromatic heterocycles. The summed E-state index contributed by atoms with van der Waals surface area (Å²) in [5.74, 6) is 1.63. The fraction of sp³-hybridized carbons (Fsp3) is 0.312. The highest BCUT2D eigenvalue weighted by Crippen LogP contribution is 2.12. The summed E-state index contributed by atoms with van der Waals surface area (Å²) in [6.07, 6.45) is 2.89. The van der Waals surface area contributed by atoms with Crippen molar-refractivity contribution < 1.29 is 9.32 Å². The molecule has 0 saturated heterocycles. The maximum atomic E-state index is 11.9. The van der Waals surface area contributed by atoms with Crippen molar-refractivity contribution in [3.63, 3.8) is 0 Å². The second kappa shape index (κ2) is 7.12. The number of carbonyl (C=O) groups excluding carboxylic acids is 1. The van der Waals surface area contributed by atoms with E-state index in [1.807, 2.05) is 26.0 Å². The summed E-state index contributed by atoms with van der Waals surface area (Å²) in [6.45, 7) is 6.55. The minimum atomic E-state index is -0.216. The quantitative estimate of drug-likeness (QED) is 0.652. The van der Waals surface area contributed by atoms with Crippen molar-refractivity contribution in [3.05, 3.63) is 47.4 Å². The van der Waals surface area contributed by atoms with Gasteiger partial charge in [-0.2, -0.15) is 5.10 Å². The molecule has 3 rings (SSSR count). The van der Waals surface area contributed by atoms with Crippen LogP contribution in [0.2, 0.25) is 0 Å². The number of nitrogens with one attached hydrogen (secondary N) is 2. The molecule has 0 atom stereocenters. The van der Waals surface area contributed by atoms with Crippen LogP contribution in [0, 0.1) is 20.8 Å². The maximum Gasteiger partial charge on any atom is 0.256 e. The number of hydrogen-bond acceptors (Lipinski definition) is 7. The number of hydrogen-bond donors (Lipinski definition) is 2. The van der Waals surface area contributed by atoms with Gasteiger partial charge in [0.25, 0.3) is 5.91 Å². The molecule has 0 fully saturated rings. The molecule has 9 nitrogen and oxygen atoms in total. The molecule has 0 radical (unpaired) electrons. The van der Waals surface area contributed by atoms with Crippen LogP contribution < -0.4 is 10.6 Å². The standard InChI is InChI=1S/C16H19N7O2/c1-10-6-11(2)23(22-10)15-7-14(19-9-20-15)17-4-5-18-16(24)13-8-21-25-12(13)3/h6-9H,4-5H2,1-3H3,(H,18,24)(H,17,19,20). The zero-order chi connectivity index (χ0) is 17.8. The first kappa shape index (κ1) is 16.6. The normalized spacial score (nSPS) is 10.7. The van der Waals surface area contributed by atoms with Gasteiger partial charge in [-0.05, 0) is 26.8 Å². The maximum absolute atomic E-state index is 11.9. The summed E-state index contributed by atoms with van der Waals surface area (Å²) >= 11 is 0. The smallest absolute Gasteiger partial charge is 0.256 e. The zero-order valence-electron chi connectivity index (χ0n) is 14.3. The topological polar surface area (TPSA) is 111 Å². The molecule has 3 heterocycles. The zero-order valence-corrected chi connectivity index (χ0v) is 14.3. The van der Waals surface area contributed by atoms with E-state index in [4.69, 9.17) is 4.52 Å². The molecule has 2 N–H and O–H groups in total. The SMILES string of the molecule is Cc1cc(C)n(-c2cc(NCCNC(=O)c3cnoc3C)ncn2)n1. The number of aryl methyl sites for hydroxylation is 3. The van der Waals surface area contributed by atoms with Crippen LogP contribution in [0.3, 0.4) is 0 Å². The van der Waals surface area contributed by atoms with E-state index in [1.165, 1.54) is 12.5 Å². The highest BCUT2D eigenvalue weighted by molar-refractivity contribution is 5.94. The monoisotopic (exact) mass is 341 g/mol. The van der Waals surface area contributed by atoms with Crippen molar-refractivity contribution in [3.8, 4) is 5.82 Å². The lowest BCUT2D eigenvalue weighted by atomic mass is 10.2. The van der Waals surface area contributed by atoms with Gasteiger partial charge < -0.3 is 15.2 Å². The first-order chi connectivity index (χ1) is 12.0. The van der Waals surface area contributed by atoms with Crippen LogP contribution in [0.4, 0.5) is 5.82 Å². The molecule has 0 saturated carbocycles. The number of anilines is 1. The average Bonchev–Trinajstić information content (AvgIpc) is 3.16. The van der Waals surface area contributed by atoms with E-state index in [0.29, 0.717) is 36.0 Å². The fourth-order valence-electron chi connectivity index (χ4n) is 2.40. The van der Waals surface area contributed by atoms with E-state index in [1.54, 1.807) is 11.6 Å². The van der Waals surface area contributed by atoms with Gasteiger partial charge in [0.05, 0.1) is 11.9 Å². The Hall–Kier alpha value is -3.23. The van der Waals surface area contributed by atoms with Crippen LogP contribution in [0.25, 0.3) is 5.82 Å². The van der Waals surface area contributed by atoms with Gasteiger partial charge >= 0.3 is 0 Å². The van der Waals surface area contributed by atoms with Crippen molar-refractivity contribution >= 4 is 11.7 Å². The van der Waals surface area contributed by atoms with Crippen molar-refractivity contribution in [2.75, 3.05) is 18.4 Å². The Labute approximate surface area is 144 Å². The van der Waals surface area contributed by atoms with E-state index < -0.39 is 0 Å². The van der Waals surface area contributed by atoms with Gasteiger partial charge in [0.15, 0.2) is 5.82 Å². The van der Waals surface area contributed by atoms with E-state index in [2.05, 4.69) is 30.9 Å². The molecule has 0 aromatic carbocycles. The largest absolute Gasteiger partial charge is 0.368 e. The molecule has 130 valence electrons. The average molecular weight is 341 g/mol. The van der Waals surface area contributed by atoms with Gasteiger partial charge in [-0.25, -0.2) is 14.6 Å². The van der Waals surface area contributed by atoms with E-state index in [0.717, 1.165) is 11.4 Å². The third-order valence-electron chi connectivity index (χ3n) is 3.59. The summed E-state index contributed by atoms with van der Waals surface area (Å²) in [4.78, 5) is 20.4. The Balaban J connectivity index is 1.55. The molecular formula is C16H19N7O2. The van der Waals surface area contributed by atoms with Crippen LogP contribution >= 0.6 is 0 Å². The third kappa shape index (κ3) is 3.82. The fourth-order valence-corrected chi connectivity index (χ4v) is 2.40. The van der Waals surface area contributed by atoms with Crippen LogP contribution in [-0.4, -0.2) is 43.9 Å². The van der Waals surface area contributed by atoms with Gasteiger partial charge in [-0.1, -0.05) is 5.16 Å². The summed E-state index contributed by atoms with van der Waals surface area (Å²) in [6, 6.07) is 3.79. The van der Waals surface area contributed by atoms with Gasteiger partial charge in [0.1, 0.15) is 23.5 Å². The number of rotatable bonds is 6. The van der Waals surface area contributed by atoms with E-state index >= 15 is 0 Å².